The molecule has 3 aromatic rings. The van der Waals surface area contributed by atoms with E-state index in [9.17, 15) is 4.79 Å². The van der Waals surface area contributed by atoms with E-state index in [2.05, 4.69) is 25.4 Å². The summed E-state index contributed by atoms with van der Waals surface area (Å²) < 4.78 is 10.9. The molecule has 0 atom stereocenters. The van der Waals surface area contributed by atoms with Crippen molar-refractivity contribution in [3.8, 4) is 17.0 Å². The zero-order valence-corrected chi connectivity index (χ0v) is 18.5. The van der Waals surface area contributed by atoms with Gasteiger partial charge in [0.25, 0.3) is 5.91 Å². The second-order valence-electron chi connectivity index (χ2n) is 7.18. The minimum atomic E-state index is -0.241. The number of amides is 1. The highest BCUT2D eigenvalue weighted by Gasteiger charge is 2.17. The van der Waals surface area contributed by atoms with Gasteiger partial charge in [0.15, 0.2) is 0 Å². The summed E-state index contributed by atoms with van der Waals surface area (Å²) in [6.07, 6.45) is 3.21. The van der Waals surface area contributed by atoms with Gasteiger partial charge in [0.05, 0.1) is 42.3 Å². The number of benzene rings is 1. The van der Waals surface area contributed by atoms with Crippen LogP contribution in [0, 0.1) is 0 Å². The number of aromatic nitrogens is 3. The van der Waals surface area contributed by atoms with Gasteiger partial charge in [-0.1, -0.05) is 17.7 Å². The van der Waals surface area contributed by atoms with Gasteiger partial charge in [-0.15, -0.1) is 0 Å². The van der Waals surface area contributed by atoms with Crippen LogP contribution in [0.15, 0.2) is 48.8 Å². The molecule has 1 aromatic carbocycles. The Balaban J connectivity index is 1.47. The van der Waals surface area contributed by atoms with Gasteiger partial charge in [0.2, 0.25) is 0 Å². The van der Waals surface area contributed by atoms with Gasteiger partial charge in [-0.3, -0.25) is 4.79 Å². The highest BCUT2D eigenvalue weighted by molar-refractivity contribution is 6.32. The van der Waals surface area contributed by atoms with Gasteiger partial charge < -0.3 is 19.7 Å². The molecule has 9 heteroatoms. The largest absolute Gasteiger partial charge is 0.492 e. The molecular weight excluding hydrogens is 430 g/mol. The van der Waals surface area contributed by atoms with E-state index in [1.165, 1.54) is 6.20 Å². The van der Waals surface area contributed by atoms with Crippen molar-refractivity contribution in [2.75, 3.05) is 37.8 Å². The van der Waals surface area contributed by atoms with Crippen LogP contribution in [0.4, 0.5) is 5.82 Å². The lowest BCUT2D eigenvalue weighted by molar-refractivity contribution is 0.0950. The second kappa shape index (κ2) is 10.4. The summed E-state index contributed by atoms with van der Waals surface area (Å²) in [4.78, 5) is 19.5. The smallest absolute Gasteiger partial charge is 0.253 e. The molecule has 166 valence electrons. The number of nitrogens with one attached hydrogen (secondary N) is 1. The molecule has 2 aromatic heterocycles. The Bertz CT molecular complexity index is 1090. The van der Waals surface area contributed by atoms with Crippen molar-refractivity contribution >= 4 is 23.3 Å². The molecule has 1 amide bonds. The van der Waals surface area contributed by atoms with Crippen LogP contribution in [0.2, 0.25) is 5.02 Å². The highest BCUT2D eigenvalue weighted by Crippen LogP contribution is 2.29. The molecule has 3 heterocycles. The van der Waals surface area contributed by atoms with Crippen LogP contribution < -0.4 is 15.0 Å². The highest BCUT2D eigenvalue weighted by atomic mass is 35.5. The average Bonchev–Trinajstić information content (AvgIpc) is 2.84. The predicted molar refractivity (Wildman–Crippen MR) is 122 cm³/mol. The van der Waals surface area contributed by atoms with E-state index in [-0.39, 0.29) is 5.91 Å². The van der Waals surface area contributed by atoms with Crippen LogP contribution >= 0.6 is 11.6 Å². The lowest BCUT2D eigenvalue weighted by Gasteiger charge is -2.29. The third-order valence-electron chi connectivity index (χ3n) is 5.06. The second-order valence-corrected chi connectivity index (χ2v) is 7.58. The maximum Gasteiger partial charge on any atom is 0.253 e. The third-order valence-corrected chi connectivity index (χ3v) is 5.36. The van der Waals surface area contributed by atoms with E-state index in [4.69, 9.17) is 21.1 Å². The Morgan fingerprint density at radius 3 is 2.88 bits per heavy atom. The standard InChI is InChI=1S/C23H24ClN5O3/c1-2-32-21-6-5-16(12-19(21)24)20-13-18(15-27-28-20)23(30)26-14-17-4-3-7-25-22(17)29-8-10-31-11-9-29/h3-7,12-13,15H,2,8-11,14H2,1H3,(H,26,30). The number of pyridine rings is 1. The molecule has 0 radical (unpaired) electrons. The van der Waals surface area contributed by atoms with E-state index < -0.39 is 0 Å². The van der Waals surface area contributed by atoms with Crippen molar-refractivity contribution in [1.82, 2.24) is 20.5 Å². The number of morpholine rings is 1. The van der Waals surface area contributed by atoms with Crippen molar-refractivity contribution in [3.05, 3.63) is 64.9 Å². The molecule has 1 saturated heterocycles. The average molecular weight is 454 g/mol. The Labute approximate surface area is 191 Å². The number of halogens is 1. The normalized spacial score (nSPS) is 13.6. The van der Waals surface area contributed by atoms with Crippen LogP contribution in [-0.2, 0) is 11.3 Å². The maximum atomic E-state index is 12.8. The van der Waals surface area contributed by atoms with E-state index in [0.29, 0.717) is 48.4 Å². The zero-order valence-electron chi connectivity index (χ0n) is 17.8. The summed E-state index contributed by atoms with van der Waals surface area (Å²) in [6, 6.07) is 10.9. The molecule has 0 aliphatic carbocycles. The number of hydrogen-bond donors (Lipinski definition) is 1. The number of hydrogen-bond acceptors (Lipinski definition) is 7. The first-order valence-corrected chi connectivity index (χ1v) is 10.8. The number of ether oxygens (including phenoxy) is 2. The molecule has 1 fully saturated rings. The van der Waals surface area contributed by atoms with Gasteiger partial charge in [-0.25, -0.2) is 4.98 Å². The number of carbonyl (C=O) groups excluding carboxylic acids is 1. The lowest BCUT2D eigenvalue weighted by Crippen LogP contribution is -2.37. The molecule has 1 aliphatic rings. The van der Waals surface area contributed by atoms with Gasteiger partial charge >= 0.3 is 0 Å². The topological polar surface area (TPSA) is 89.5 Å². The van der Waals surface area contributed by atoms with Gasteiger partial charge in [0, 0.05) is 37.0 Å². The van der Waals surface area contributed by atoms with Crippen molar-refractivity contribution in [3.63, 3.8) is 0 Å². The summed E-state index contributed by atoms with van der Waals surface area (Å²) in [6.45, 7) is 5.67. The molecule has 0 saturated carbocycles. The molecule has 0 spiro atoms. The van der Waals surface area contributed by atoms with Crippen LogP contribution in [-0.4, -0.2) is 54.0 Å². The summed E-state index contributed by atoms with van der Waals surface area (Å²) in [5, 5.41) is 11.6. The molecule has 0 bridgehead atoms. The Morgan fingerprint density at radius 2 is 2.09 bits per heavy atom. The quantitative estimate of drug-likeness (QED) is 0.586. The van der Waals surface area contributed by atoms with E-state index >= 15 is 0 Å². The molecule has 1 N–H and O–H groups in total. The molecular formula is C23H24ClN5O3. The first kappa shape index (κ1) is 22.0. The van der Waals surface area contributed by atoms with Gasteiger partial charge in [-0.2, -0.15) is 10.2 Å². The minimum absolute atomic E-state index is 0.241. The summed E-state index contributed by atoms with van der Waals surface area (Å²) in [5.41, 5.74) is 2.67. The number of rotatable bonds is 7. The molecule has 8 nitrogen and oxygen atoms in total. The fourth-order valence-corrected chi connectivity index (χ4v) is 3.71. The summed E-state index contributed by atoms with van der Waals surface area (Å²) >= 11 is 6.29. The van der Waals surface area contributed by atoms with Crippen LogP contribution in [0.3, 0.4) is 0 Å². The third kappa shape index (κ3) is 5.15. The molecule has 0 unspecified atom stereocenters. The van der Waals surface area contributed by atoms with Crippen LogP contribution in [0.1, 0.15) is 22.8 Å². The zero-order chi connectivity index (χ0) is 22.3. The van der Waals surface area contributed by atoms with Crippen LogP contribution in [0.5, 0.6) is 5.75 Å². The summed E-state index contributed by atoms with van der Waals surface area (Å²) in [7, 11) is 0. The van der Waals surface area contributed by atoms with Gasteiger partial charge in [-0.05, 0) is 37.3 Å². The van der Waals surface area contributed by atoms with Crippen molar-refractivity contribution in [2.45, 2.75) is 13.5 Å². The number of carbonyl (C=O) groups is 1. The lowest BCUT2D eigenvalue weighted by atomic mass is 10.1. The van der Waals surface area contributed by atoms with Crippen molar-refractivity contribution in [1.29, 1.82) is 0 Å². The number of nitrogens with zero attached hydrogens (tertiary/aromatic N) is 4. The Morgan fingerprint density at radius 1 is 1.25 bits per heavy atom. The molecule has 1 aliphatic heterocycles. The van der Waals surface area contributed by atoms with E-state index in [0.717, 1.165) is 30.0 Å². The van der Waals surface area contributed by atoms with Gasteiger partial charge in [0.1, 0.15) is 11.6 Å². The fraction of sp³-hybridized carbons (Fsp3) is 0.304. The molecule has 4 rings (SSSR count). The predicted octanol–water partition coefficient (Wildman–Crippen LogP) is 3.36. The molecule has 32 heavy (non-hydrogen) atoms. The Hall–Kier alpha value is -3.23. The fourth-order valence-electron chi connectivity index (χ4n) is 3.47. The van der Waals surface area contributed by atoms with E-state index in [1.54, 1.807) is 24.4 Å². The Kier molecular flexibility index (Phi) is 7.14. The monoisotopic (exact) mass is 453 g/mol. The minimum Gasteiger partial charge on any atom is -0.492 e. The first-order chi connectivity index (χ1) is 15.7. The summed E-state index contributed by atoms with van der Waals surface area (Å²) in [5.74, 6) is 1.23. The van der Waals surface area contributed by atoms with Crippen molar-refractivity contribution in [2.24, 2.45) is 0 Å². The van der Waals surface area contributed by atoms with Crippen LogP contribution in [0.25, 0.3) is 11.3 Å². The SMILES string of the molecule is CCOc1ccc(-c2cc(C(=O)NCc3cccnc3N3CCOCC3)cnn2)cc1Cl. The first-order valence-electron chi connectivity index (χ1n) is 10.5. The maximum absolute atomic E-state index is 12.8. The number of anilines is 1. The van der Waals surface area contributed by atoms with Crippen molar-refractivity contribution < 1.29 is 14.3 Å². The van der Waals surface area contributed by atoms with E-state index in [1.807, 2.05) is 25.1 Å².